The fourth-order valence-corrected chi connectivity index (χ4v) is 2.45. The van der Waals surface area contributed by atoms with E-state index in [1.165, 1.54) is 6.08 Å². The number of para-hydroxylation sites is 1. The molecule has 0 aliphatic rings. The standard InChI is InChI=1S/C20H14NO/c1-2-15(14-22)20(17-9-4-3-5-10-17)19-13-12-16-8-6-7-11-18(16)21-19/h2-13H,1H2. The van der Waals surface area contributed by atoms with E-state index in [9.17, 15) is 4.79 Å². The van der Waals surface area contributed by atoms with E-state index in [1.54, 1.807) is 0 Å². The van der Waals surface area contributed by atoms with Crippen molar-refractivity contribution in [3.8, 4) is 0 Å². The van der Waals surface area contributed by atoms with Crippen molar-refractivity contribution in [2.45, 2.75) is 0 Å². The minimum atomic E-state index is 0.411. The van der Waals surface area contributed by atoms with Crippen LogP contribution in [0.5, 0.6) is 0 Å². The first kappa shape index (κ1) is 14.0. The Hall–Kier alpha value is -3.00. The summed E-state index contributed by atoms with van der Waals surface area (Å²) < 4.78 is 0. The molecule has 3 aromatic rings. The van der Waals surface area contributed by atoms with Crippen LogP contribution in [0.3, 0.4) is 0 Å². The third-order valence-electron chi connectivity index (χ3n) is 3.50. The lowest BCUT2D eigenvalue weighted by Crippen LogP contribution is -1.97. The predicted octanol–water partition coefficient (Wildman–Crippen LogP) is 4.33. The number of benzene rings is 2. The van der Waals surface area contributed by atoms with Gasteiger partial charge in [-0.15, -0.1) is 0 Å². The molecule has 22 heavy (non-hydrogen) atoms. The predicted molar refractivity (Wildman–Crippen MR) is 90.1 cm³/mol. The summed E-state index contributed by atoms with van der Waals surface area (Å²) >= 11 is 0. The topological polar surface area (TPSA) is 30.0 Å². The zero-order chi connectivity index (χ0) is 15.4. The van der Waals surface area contributed by atoms with Crippen molar-refractivity contribution in [2.24, 2.45) is 0 Å². The van der Waals surface area contributed by atoms with Crippen molar-refractivity contribution in [3.63, 3.8) is 0 Å². The fourth-order valence-electron chi connectivity index (χ4n) is 2.45. The van der Waals surface area contributed by atoms with E-state index in [0.29, 0.717) is 5.57 Å². The molecule has 0 unspecified atom stereocenters. The van der Waals surface area contributed by atoms with Gasteiger partial charge in [0.2, 0.25) is 6.29 Å². The Labute approximate surface area is 129 Å². The average Bonchev–Trinajstić information content (AvgIpc) is 2.60. The normalized spacial score (nSPS) is 11.8. The van der Waals surface area contributed by atoms with Crippen LogP contribution < -0.4 is 0 Å². The molecule has 0 spiro atoms. The molecule has 2 nitrogen and oxygen atoms in total. The van der Waals surface area contributed by atoms with Crippen LogP contribution in [-0.2, 0) is 4.79 Å². The van der Waals surface area contributed by atoms with Gasteiger partial charge in [-0.1, -0.05) is 67.3 Å². The molecular weight excluding hydrogens is 270 g/mol. The van der Waals surface area contributed by atoms with Gasteiger partial charge in [0.1, 0.15) is 0 Å². The van der Waals surface area contributed by atoms with Gasteiger partial charge in [-0.3, -0.25) is 4.79 Å². The van der Waals surface area contributed by atoms with Gasteiger partial charge in [0.05, 0.1) is 11.2 Å². The van der Waals surface area contributed by atoms with E-state index >= 15 is 0 Å². The van der Waals surface area contributed by atoms with E-state index in [-0.39, 0.29) is 0 Å². The second-order valence-electron chi connectivity index (χ2n) is 4.85. The highest BCUT2D eigenvalue weighted by Crippen LogP contribution is 2.27. The van der Waals surface area contributed by atoms with Gasteiger partial charge >= 0.3 is 0 Å². The molecule has 2 aromatic carbocycles. The molecule has 3 rings (SSSR count). The summed E-state index contributed by atoms with van der Waals surface area (Å²) in [5.41, 5.74) is 3.71. The Balaban J connectivity index is 2.27. The average molecular weight is 284 g/mol. The van der Waals surface area contributed by atoms with Crippen molar-refractivity contribution < 1.29 is 4.79 Å². The summed E-state index contributed by atoms with van der Waals surface area (Å²) in [7, 11) is 0. The Morgan fingerprint density at radius 3 is 2.41 bits per heavy atom. The first-order valence-electron chi connectivity index (χ1n) is 7.00. The minimum absolute atomic E-state index is 0.411. The van der Waals surface area contributed by atoms with Crippen molar-refractivity contribution in [2.75, 3.05) is 0 Å². The molecule has 0 amide bonds. The summed E-state index contributed by atoms with van der Waals surface area (Å²) in [6.07, 6.45) is 3.49. The van der Waals surface area contributed by atoms with Crippen molar-refractivity contribution in [3.05, 3.63) is 96.2 Å². The quantitative estimate of drug-likeness (QED) is 0.527. The van der Waals surface area contributed by atoms with Crippen LogP contribution in [0, 0.1) is 0 Å². The minimum Gasteiger partial charge on any atom is -0.285 e. The third-order valence-corrected chi connectivity index (χ3v) is 3.50. The largest absolute Gasteiger partial charge is 0.285 e. The van der Waals surface area contributed by atoms with Gasteiger partial charge in [-0.2, -0.15) is 0 Å². The number of hydrogen-bond donors (Lipinski definition) is 0. The molecule has 0 aliphatic heterocycles. The number of rotatable bonds is 4. The number of carbonyl (C=O) groups excluding carboxylic acids is 1. The lowest BCUT2D eigenvalue weighted by atomic mass is 9.96. The Bertz CT molecular complexity index is 853. The molecule has 0 fully saturated rings. The van der Waals surface area contributed by atoms with Gasteiger partial charge in [0, 0.05) is 16.5 Å². The molecule has 1 radical (unpaired) electrons. The second-order valence-corrected chi connectivity index (χ2v) is 4.85. The van der Waals surface area contributed by atoms with Gasteiger partial charge in [0.15, 0.2) is 0 Å². The lowest BCUT2D eigenvalue weighted by molar-refractivity contribution is 0.563. The van der Waals surface area contributed by atoms with E-state index in [1.807, 2.05) is 73.0 Å². The summed E-state index contributed by atoms with van der Waals surface area (Å²) in [4.78, 5) is 16.0. The first-order chi connectivity index (χ1) is 10.8. The number of pyridine rings is 1. The molecule has 2 heteroatoms. The summed E-state index contributed by atoms with van der Waals surface area (Å²) in [6.45, 7) is 3.72. The number of allylic oxidation sites excluding steroid dienone is 2. The molecule has 0 aliphatic carbocycles. The maximum absolute atomic E-state index is 11.3. The molecule has 105 valence electrons. The van der Waals surface area contributed by atoms with Crippen molar-refractivity contribution >= 4 is 22.8 Å². The molecule has 1 aromatic heterocycles. The number of nitrogens with zero attached hydrogens (tertiary/aromatic N) is 1. The zero-order valence-corrected chi connectivity index (χ0v) is 12.0. The Morgan fingerprint density at radius 2 is 1.68 bits per heavy atom. The lowest BCUT2D eigenvalue weighted by Gasteiger charge is -2.10. The SMILES string of the molecule is C=CC([C]=O)=C(c1ccccc1)c1ccc2ccccc2n1. The third kappa shape index (κ3) is 2.59. The molecule has 0 atom stereocenters. The van der Waals surface area contributed by atoms with Crippen molar-refractivity contribution in [1.29, 1.82) is 0 Å². The highest BCUT2D eigenvalue weighted by atomic mass is 16.1. The molecule has 0 saturated heterocycles. The van der Waals surface area contributed by atoms with Gasteiger partial charge in [-0.25, -0.2) is 4.98 Å². The molecule has 0 N–H and O–H groups in total. The monoisotopic (exact) mass is 284 g/mol. The van der Waals surface area contributed by atoms with Crippen LogP contribution in [0.15, 0.2) is 85.0 Å². The molecule has 0 bridgehead atoms. The number of fused-ring (bicyclic) bond motifs is 1. The highest BCUT2D eigenvalue weighted by molar-refractivity contribution is 5.97. The molecular formula is C20H14NO. The van der Waals surface area contributed by atoms with Crippen LogP contribution in [0.25, 0.3) is 16.5 Å². The van der Waals surface area contributed by atoms with E-state index in [2.05, 4.69) is 11.6 Å². The van der Waals surface area contributed by atoms with Crippen LogP contribution in [0.1, 0.15) is 11.3 Å². The number of aromatic nitrogens is 1. The van der Waals surface area contributed by atoms with Crippen LogP contribution in [0.4, 0.5) is 0 Å². The van der Waals surface area contributed by atoms with Gasteiger partial charge < -0.3 is 0 Å². The van der Waals surface area contributed by atoms with Crippen LogP contribution in [0.2, 0.25) is 0 Å². The van der Waals surface area contributed by atoms with E-state index in [0.717, 1.165) is 27.7 Å². The summed E-state index contributed by atoms with van der Waals surface area (Å²) in [6, 6.07) is 21.5. The number of hydrogen-bond acceptors (Lipinski definition) is 2. The van der Waals surface area contributed by atoms with E-state index < -0.39 is 0 Å². The molecule has 0 saturated carbocycles. The second kappa shape index (κ2) is 6.19. The Kier molecular flexibility index (Phi) is 3.92. The van der Waals surface area contributed by atoms with Gasteiger partial charge in [0.25, 0.3) is 0 Å². The Morgan fingerprint density at radius 1 is 0.955 bits per heavy atom. The van der Waals surface area contributed by atoms with Crippen molar-refractivity contribution in [1.82, 2.24) is 4.98 Å². The van der Waals surface area contributed by atoms with E-state index in [4.69, 9.17) is 0 Å². The maximum Gasteiger partial charge on any atom is 0.234 e. The highest BCUT2D eigenvalue weighted by Gasteiger charge is 2.12. The first-order valence-corrected chi connectivity index (χ1v) is 7.00. The summed E-state index contributed by atoms with van der Waals surface area (Å²) in [5, 5.41) is 1.06. The van der Waals surface area contributed by atoms with Crippen LogP contribution >= 0.6 is 0 Å². The zero-order valence-electron chi connectivity index (χ0n) is 12.0. The smallest absolute Gasteiger partial charge is 0.234 e. The summed E-state index contributed by atoms with van der Waals surface area (Å²) in [5.74, 6) is 0. The molecule has 1 heterocycles. The fraction of sp³-hybridized carbons (Fsp3) is 0. The van der Waals surface area contributed by atoms with Crippen LogP contribution in [-0.4, -0.2) is 11.3 Å². The maximum atomic E-state index is 11.3. The van der Waals surface area contributed by atoms with Gasteiger partial charge in [-0.05, 0) is 17.7 Å².